The van der Waals surface area contributed by atoms with Gasteiger partial charge >= 0.3 is 0 Å². The molecule has 5 heteroatoms. The van der Waals surface area contributed by atoms with Crippen molar-refractivity contribution in [1.29, 1.82) is 0 Å². The molecule has 0 aromatic heterocycles. The highest BCUT2D eigenvalue weighted by Crippen LogP contribution is 2.29. The molecule has 1 fully saturated rings. The number of hydrogen-bond acceptors (Lipinski definition) is 3. The molecule has 1 amide bonds. The fourth-order valence-corrected chi connectivity index (χ4v) is 3.44. The standard InChI is InChI=1S/C20H24ClN3O/c1-14-2-7-18(21)10-19(14)24-9-8-16(13-24)12-23-20(25)17-5-3-15(11-22)4-6-17/h2-7,10,16H,8-9,11-13,22H2,1H3,(H,23,25). The van der Waals surface area contributed by atoms with Crippen LogP contribution in [0.5, 0.6) is 0 Å². The van der Waals surface area contributed by atoms with E-state index in [-0.39, 0.29) is 5.91 Å². The summed E-state index contributed by atoms with van der Waals surface area (Å²) < 4.78 is 0. The van der Waals surface area contributed by atoms with Crippen molar-refractivity contribution in [1.82, 2.24) is 5.32 Å². The van der Waals surface area contributed by atoms with Gasteiger partial charge in [0.1, 0.15) is 0 Å². The molecule has 25 heavy (non-hydrogen) atoms. The maximum atomic E-state index is 12.3. The number of anilines is 1. The molecule has 132 valence electrons. The lowest BCUT2D eigenvalue weighted by atomic mass is 10.1. The lowest BCUT2D eigenvalue weighted by molar-refractivity contribution is 0.0948. The molecule has 4 nitrogen and oxygen atoms in total. The molecule has 1 atom stereocenters. The number of carbonyl (C=O) groups excluding carboxylic acids is 1. The zero-order valence-electron chi connectivity index (χ0n) is 14.5. The molecule has 3 N–H and O–H groups in total. The second-order valence-corrected chi connectivity index (χ2v) is 7.08. The fourth-order valence-electron chi connectivity index (χ4n) is 3.27. The first-order valence-electron chi connectivity index (χ1n) is 8.65. The monoisotopic (exact) mass is 357 g/mol. The number of carbonyl (C=O) groups is 1. The molecule has 1 unspecified atom stereocenters. The van der Waals surface area contributed by atoms with Crippen LogP contribution in [0, 0.1) is 12.8 Å². The summed E-state index contributed by atoms with van der Waals surface area (Å²) in [6.07, 6.45) is 1.07. The van der Waals surface area contributed by atoms with E-state index in [2.05, 4.69) is 23.2 Å². The van der Waals surface area contributed by atoms with E-state index >= 15 is 0 Å². The lowest BCUT2D eigenvalue weighted by Crippen LogP contribution is -2.31. The zero-order valence-corrected chi connectivity index (χ0v) is 15.2. The average molecular weight is 358 g/mol. The largest absolute Gasteiger partial charge is 0.371 e. The van der Waals surface area contributed by atoms with E-state index in [4.69, 9.17) is 17.3 Å². The number of rotatable bonds is 5. The van der Waals surface area contributed by atoms with Crippen LogP contribution in [0.3, 0.4) is 0 Å². The Morgan fingerprint density at radius 2 is 2.04 bits per heavy atom. The molecule has 1 heterocycles. The van der Waals surface area contributed by atoms with Crippen molar-refractivity contribution in [2.75, 3.05) is 24.5 Å². The first-order valence-corrected chi connectivity index (χ1v) is 9.03. The SMILES string of the molecule is Cc1ccc(Cl)cc1N1CCC(CNC(=O)c2ccc(CN)cc2)C1. The maximum absolute atomic E-state index is 12.3. The number of nitrogens with two attached hydrogens (primary N) is 1. The summed E-state index contributed by atoms with van der Waals surface area (Å²) in [6, 6.07) is 13.4. The third kappa shape index (κ3) is 4.33. The summed E-state index contributed by atoms with van der Waals surface area (Å²) in [4.78, 5) is 14.6. The van der Waals surface area contributed by atoms with Gasteiger partial charge in [-0.2, -0.15) is 0 Å². The van der Waals surface area contributed by atoms with Crippen LogP contribution in [-0.2, 0) is 6.54 Å². The van der Waals surface area contributed by atoms with Gasteiger partial charge in [0.05, 0.1) is 0 Å². The zero-order chi connectivity index (χ0) is 17.8. The van der Waals surface area contributed by atoms with Gasteiger partial charge in [-0.3, -0.25) is 4.79 Å². The van der Waals surface area contributed by atoms with Gasteiger partial charge < -0.3 is 16.0 Å². The summed E-state index contributed by atoms with van der Waals surface area (Å²) in [6.45, 7) is 5.21. The van der Waals surface area contributed by atoms with Gasteiger partial charge in [0.2, 0.25) is 0 Å². The van der Waals surface area contributed by atoms with E-state index < -0.39 is 0 Å². The van der Waals surface area contributed by atoms with Gasteiger partial charge in [0.15, 0.2) is 0 Å². The quantitative estimate of drug-likeness (QED) is 0.862. The van der Waals surface area contributed by atoms with Crippen LogP contribution in [0.25, 0.3) is 0 Å². The Hall–Kier alpha value is -2.04. The number of halogens is 1. The Morgan fingerprint density at radius 3 is 2.76 bits per heavy atom. The van der Waals surface area contributed by atoms with Gasteiger partial charge in [-0.15, -0.1) is 0 Å². The number of nitrogens with one attached hydrogen (secondary N) is 1. The summed E-state index contributed by atoms with van der Waals surface area (Å²) >= 11 is 6.13. The van der Waals surface area contributed by atoms with E-state index in [1.165, 1.54) is 11.3 Å². The van der Waals surface area contributed by atoms with Crippen molar-refractivity contribution in [3.05, 3.63) is 64.2 Å². The minimum atomic E-state index is -0.0269. The summed E-state index contributed by atoms with van der Waals surface area (Å²) in [7, 11) is 0. The Bertz CT molecular complexity index is 745. The van der Waals surface area contributed by atoms with Gasteiger partial charge in [-0.1, -0.05) is 29.8 Å². The summed E-state index contributed by atoms with van der Waals surface area (Å²) in [5.74, 6) is 0.423. The highest BCUT2D eigenvalue weighted by atomic mass is 35.5. The van der Waals surface area contributed by atoms with E-state index in [0.29, 0.717) is 24.6 Å². The second-order valence-electron chi connectivity index (χ2n) is 6.64. The molecule has 0 radical (unpaired) electrons. The van der Waals surface area contributed by atoms with Gasteiger partial charge in [0.25, 0.3) is 5.91 Å². The van der Waals surface area contributed by atoms with E-state index in [1.807, 2.05) is 36.4 Å². The van der Waals surface area contributed by atoms with Crippen molar-refractivity contribution in [2.45, 2.75) is 19.9 Å². The van der Waals surface area contributed by atoms with E-state index in [0.717, 1.165) is 30.1 Å². The number of nitrogens with zero attached hydrogens (tertiary/aromatic N) is 1. The molecule has 0 aliphatic carbocycles. The molecular weight excluding hydrogens is 334 g/mol. The minimum absolute atomic E-state index is 0.0269. The molecule has 1 saturated heterocycles. The Balaban J connectivity index is 1.54. The van der Waals surface area contributed by atoms with Crippen LogP contribution in [0.4, 0.5) is 5.69 Å². The second kappa shape index (κ2) is 7.89. The van der Waals surface area contributed by atoms with Crippen LogP contribution < -0.4 is 16.0 Å². The number of aryl methyl sites for hydroxylation is 1. The highest BCUT2D eigenvalue weighted by molar-refractivity contribution is 6.30. The predicted molar refractivity (Wildman–Crippen MR) is 103 cm³/mol. The first kappa shape index (κ1) is 17.8. The molecule has 2 aromatic carbocycles. The Morgan fingerprint density at radius 1 is 1.28 bits per heavy atom. The summed E-state index contributed by atoms with van der Waals surface area (Å²) in [5.41, 5.74) is 9.71. The van der Waals surface area contributed by atoms with Crippen molar-refractivity contribution in [3.63, 3.8) is 0 Å². The van der Waals surface area contributed by atoms with Crippen molar-refractivity contribution in [2.24, 2.45) is 11.7 Å². The molecule has 2 aromatic rings. The molecule has 3 rings (SSSR count). The number of amides is 1. The molecule has 0 saturated carbocycles. The van der Waals surface area contributed by atoms with Gasteiger partial charge in [0, 0.05) is 42.5 Å². The highest BCUT2D eigenvalue weighted by Gasteiger charge is 2.24. The van der Waals surface area contributed by atoms with Gasteiger partial charge in [-0.25, -0.2) is 0 Å². The molecule has 0 spiro atoms. The van der Waals surface area contributed by atoms with Gasteiger partial charge in [-0.05, 0) is 54.7 Å². The predicted octanol–water partition coefficient (Wildman–Crippen LogP) is 3.36. The molecule has 0 bridgehead atoms. The topological polar surface area (TPSA) is 58.4 Å². The number of hydrogen-bond donors (Lipinski definition) is 2. The van der Waals surface area contributed by atoms with Crippen LogP contribution >= 0.6 is 11.6 Å². The fraction of sp³-hybridized carbons (Fsp3) is 0.350. The first-order chi connectivity index (χ1) is 12.1. The van der Waals surface area contributed by atoms with E-state index in [1.54, 1.807) is 0 Å². The van der Waals surface area contributed by atoms with Crippen molar-refractivity contribution >= 4 is 23.2 Å². The van der Waals surface area contributed by atoms with E-state index in [9.17, 15) is 4.79 Å². The van der Waals surface area contributed by atoms with Crippen LogP contribution in [0.2, 0.25) is 5.02 Å². The average Bonchev–Trinajstić information content (AvgIpc) is 3.10. The van der Waals surface area contributed by atoms with Crippen molar-refractivity contribution in [3.8, 4) is 0 Å². The normalized spacial score (nSPS) is 16.9. The van der Waals surface area contributed by atoms with Crippen LogP contribution in [0.1, 0.15) is 27.9 Å². The lowest BCUT2D eigenvalue weighted by Gasteiger charge is -2.21. The smallest absolute Gasteiger partial charge is 0.251 e. The maximum Gasteiger partial charge on any atom is 0.251 e. The summed E-state index contributed by atoms with van der Waals surface area (Å²) in [5, 5.41) is 3.82. The van der Waals surface area contributed by atoms with Crippen molar-refractivity contribution < 1.29 is 4.79 Å². The minimum Gasteiger partial charge on any atom is -0.371 e. The Labute approximate surface area is 154 Å². The van der Waals surface area contributed by atoms with Crippen LogP contribution in [0.15, 0.2) is 42.5 Å². The van der Waals surface area contributed by atoms with Crippen LogP contribution in [-0.4, -0.2) is 25.5 Å². The Kier molecular flexibility index (Phi) is 5.61. The third-order valence-electron chi connectivity index (χ3n) is 4.80. The third-order valence-corrected chi connectivity index (χ3v) is 5.04. The number of benzene rings is 2. The molecule has 1 aliphatic heterocycles. The molecule has 1 aliphatic rings. The molecular formula is C20H24ClN3O.